The van der Waals surface area contributed by atoms with Gasteiger partial charge in [-0.05, 0) is 22.4 Å². The predicted molar refractivity (Wildman–Crippen MR) is 71.8 cm³/mol. The van der Waals surface area contributed by atoms with Gasteiger partial charge in [0.2, 0.25) is 0 Å². The Morgan fingerprint density at radius 1 is 1.61 bits per heavy atom. The van der Waals surface area contributed by atoms with Gasteiger partial charge in [-0.1, -0.05) is 0 Å². The van der Waals surface area contributed by atoms with Gasteiger partial charge in [0.25, 0.3) is 0 Å². The highest BCUT2D eigenvalue weighted by molar-refractivity contribution is 7.99. The van der Waals surface area contributed by atoms with Crippen molar-refractivity contribution in [3.05, 3.63) is 22.4 Å². The van der Waals surface area contributed by atoms with Crippen LogP contribution in [0.3, 0.4) is 0 Å². The number of carbonyl (C=O) groups excluding carboxylic acids is 1. The second kappa shape index (κ2) is 5.62. The largest absolute Gasteiger partial charge is 0.480 e. The molecule has 2 heterocycles. The van der Waals surface area contributed by atoms with Crippen LogP contribution in [0.25, 0.3) is 0 Å². The molecular weight excluding hydrogens is 272 g/mol. The van der Waals surface area contributed by atoms with Crippen LogP contribution in [-0.2, 0) is 11.3 Å². The zero-order valence-electron chi connectivity index (χ0n) is 9.91. The molecule has 7 heteroatoms. The summed E-state index contributed by atoms with van der Waals surface area (Å²) in [6.07, 6.45) is 0. The number of aliphatic carboxylic acids is 1. The maximum Gasteiger partial charge on any atom is 0.327 e. The van der Waals surface area contributed by atoms with Gasteiger partial charge in [-0.25, -0.2) is 9.59 Å². The van der Waals surface area contributed by atoms with Crippen LogP contribution in [0, 0.1) is 0 Å². The van der Waals surface area contributed by atoms with Crippen LogP contribution in [0.5, 0.6) is 0 Å². The van der Waals surface area contributed by atoms with Gasteiger partial charge in [0.05, 0.1) is 5.88 Å². The van der Waals surface area contributed by atoms with Crippen molar-refractivity contribution in [3.8, 4) is 0 Å². The van der Waals surface area contributed by atoms with Crippen molar-refractivity contribution >= 4 is 35.1 Å². The first-order chi connectivity index (χ1) is 8.59. The fraction of sp³-hybridized carbons (Fsp3) is 0.455. The van der Waals surface area contributed by atoms with E-state index in [0.29, 0.717) is 18.2 Å². The normalized spacial score (nSPS) is 18.9. The van der Waals surface area contributed by atoms with Crippen LogP contribution in [0.15, 0.2) is 16.8 Å². The van der Waals surface area contributed by atoms with E-state index in [2.05, 4.69) is 0 Å². The fourth-order valence-electron chi connectivity index (χ4n) is 1.78. The van der Waals surface area contributed by atoms with E-state index in [1.54, 1.807) is 23.3 Å². The molecule has 1 unspecified atom stereocenters. The Hall–Kier alpha value is -1.21. The number of carboxylic acids is 1. The number of rotatable bonds is 3. The van der Waals surface area contributed by atoms with Gasteiger partial charge < -0.3 is 14.9 Å². The lowest BCUT2D eigenvalue weighted by Gasteiger charge is -2.26. The number of nitrogens with zero attached hydrogens (tertiary/aromatic N) is 2. The number of urea groups is 1. The van der Waals surface area contributed by atoms with Crippen LogP contribution in [0.2, 0.25) is 0 Å². The number of hydrogen-bond donors (Lipinski definition) is 1. The predicted octanol–water partition coefficient (Wildman–Crippen LogP) is 1.76. The molecule has 0 saturated carbocycles. The van der Waals surface area contributed by atoms with Crippen molar-refractivity contribution in [2.45, 2.75) is 12.6 Å². The number of carbonyl (C=O) groups is 2. The Labute approximate surface area is 113 Å². The summed E-state index contributed by atoms with van der Waals surface area (Å²) < 4.78 is 0. The Morgan fingerprint density at radius 2 is 2.39 bits per heavy atom. The second-order valence-electron chi connectivity index (χ2n) is 4.09. The summed E-state index contributed by atoms with van der Waals surface area (Å²) in [6, 6.07) is 1.04. The number of hydrogen-bond acceptors (Lipinski definition) is 4. The highest BCUT2D eigenvalue weighted by atomic mass is 32.2. The Morgan fingerprint density at radius 3 is 3.00 bits per heavy atom. The average Bonchev–Trinajstić information content (AvgIpc) is 2.97. The fourth-order valence-corrected chi connectivity index (χ4v) is 3.58. The van der Waals surface area contributed by atoms with Crippen LogP contribution in [0.4, 0.5) is 4.79 Å². The van der Waals surface area contributed by atoms with Crippen molar-refractivity contribution in [1.82, 2.24) is 9.80 Å². The quantitative estimate of drug-likeness (QED) is 0.920. The van der Waals surface area contributed by atoms with E-state index in [4.69, 9.17) is 5.11 Å². The van der Waals surface area contributed by atoms with Gasteiger partial charge in [-0.15, -0.1) is 11.8 Å². The molecule has 5 nitrogen and oxygen atoms in total. The number of carboxylic acid groups (broad SMARTS) is 1. The molecule has 0 spiro atoms. The molecule has 1 aromatic rings. The molecule has 1 N–H and O–H groups in total. The zero-order chi connectivity index (χ0) is 13.1. The summed E-state index contributed by atoms with van der Waals surface area (Å²) in [5.41, 5.74) is 1.06. The number of amides is 2. The summed E-state index contributed by atoms with van der Waals surface area (Å²) in [5, 5.41) is 13.0. The molecule has 1 atom stereocenters. The standard InChI is InChI=1S/C11H14N2O3S2/c1-12(4-8-2-3-17-5-8)11(16)13-7-18-6-9(13)10(14)15/h2-3,5,9H,4,6-7H2,1H3,(H,14,15). The molecule has 0 bridgehead atoms. The molecule has 1 aliphatic rings. The van der Waals surface area contributed by atoms with Crippen LogP contribution >= 0.6 is 23.1 Å². The van der Waals surface area contributed by atoms with Crippen molar-refractivity contribution in [2.24, 2.45) is 0 Å². The maximum absolute atomic E-state index is 12.2. The first kappa shape index (κ1) is 13.2. The summed E-state index contributed by atoms with van der Waals surface area (Å²) in [4.78, 5) is 26.2. The summed E-state index contributed by atoms with van der Waals surface area (Å²) >= 11 is 3.05. The maximum atomic E-state index is 12.2. The van der Waals surface area contributed by atoms with E-state index in [0.717, 1.165) is 5.56 Å². The first-order valence-electron chi connectivity index (χ1n) is 5.43. The molecule has 0 aliphatic carbocycles. The van der Waals surface area contributed by atoms with Crippen LogP contribution in [-0.4, -0.2) is 51.6 Å². The van der Waals surface area contributed by atoms with Gasteiger partial charge in [0, 0.05) is 19.3 Å². The minimum absolute atomic E-state index is 0.224. The van der Waals surface area contributed by atoms with Crippen molar-refractivity contribution in [2.75, 3.05) is 18.7 Å². The summed E-state index contributed by atoms with van der Waals surface area (Å²) in [7, 11) is 1.70. The molecule has 2 amide bonds. The SMILES string of the molecule is CN(Cc1ccsc1)C(=O)N1CSCC1C(=O)O. The molecule has 1 fully saturated rings. The van der Waals surface area contributed by atoms with Gasteiger partial charge in [-0.2, -0.15) is 11.3 Å². The van der Waals surface area contributed by atoms with E-state index in [1.807, 2.05) is 16.8 Å². The Kier molecular flexibility index (Phi) is 4.13. The van der Waals surface area contributed by atoms with Gasteiger partial charge in [0.15, 0.2) is 0 Å². The van der Waals surface area contributed by atoms with Crippen molar-refractivity contribution in [1.29, 1.82) is 0 Å². The monoisotopic (exact) mass is 286 g/mol. The first-order valence-corrected chi connectivity index (χ1v) is 7.52. The van der Waals surface area contributed by atoms with Crippen LogP contribution in [0.1, 0.15) is 5.56 Å². The van der Waals surface area contributed by atoms with E-state index in [-0.39, 0.29) is 6.03 Å². The third-order valence-electron chi connectivity index (χ3n) is 2.74. The summed E-state index contributed by atoms with van der Waals surface area (Å²) in [5.74, 6) is -0.0192. The van der Waals surface area contributed by atoms with Crippen LogP contribution < -0.4 is 0 Å². The topological polar surface area (TPSA) is 60.9 Å². The zero-order valence-corrected chi connectivity index (χ0v) is 11.5. The number of thiophene rings is 1. The van der Waals surface area contributed by atoms with E-state index >= 15 is 0 Å². The molecule has 1 aromatic heterocycles. The lowest BCUT2D eigenvalue weighted by atomic mass is 10.3. The second-order valence-corrected chi connectivity index (χ2v) is 5.87. The number of thioether (sulfide) groups is 1. The van der Waals surface area contributed by atoms with Crippen molar-refractivity contribution < 1.29 is 14.7 Å². The average molecular weight is 286 g/mol. The Balaban J connectivity index is 1.99. The molecule has 0 radical (unpaired) electrons. The lowest BCUT2D eigenvalue weighted by molar-refractivity contribution is -0.140. The molecule has 1 aliphatic heterocycles. The minimum atomic E-state index is -0.933. The van der Waals surface area contributed by atoms with Gasteiger partial charge in [0.1, 0.15) is 6.04 Å². The highest BCUT2D eigenvalue weighted by Gasteiger charge is 2.35. The highest BCUT2D eigenvalue weighted by Crippen LogP contribution is 2.22. The van der Waals surface area contributed by atoms with E-state index < -0.39 is 12.0 Å². The van der Waals surface area contributed by atoms with Gasteiger partial charge >= 0.3 is 12.0 Å². The summed E-state index contributed by atoms with van der Waals surface area (Å²) in [6.45, 7) is 0.510. The van der Waals surface area contributed by atoms with E-state index in [1.165, 1.54) is 16.7 Å². The molecule has 98 valence electrons. The molecule has 0 aromatic carbocycles. The molecule has 1 saturated heterocycles. The van der Waals surface area contributed by atoms with E-state index in [9.17, 15) is 9.59 Å². The van der Waals surface area contributed by atoms with Gasteiger partial charge in [-0.3, -0.25) is 0 Å². The Bertz CT molecular complexity index is 436. The third kappa shape index (κ3) is 2.78. The third-order valence-corrected chi connectivity index (χ3v) is 4.48. The molecule has 18 heavy (non-hydrogen) atoms. The van der Waals surface area contributed by atoms with Crippen molar-refractivity contribution in [3.63, 3.8) is 0 Å². The molecular formula is C11H14N2O3S2. The smallest absolute Gasteiger partial charge is 0.327 e. The lowest BCUT2D eigenvalue weighted by Crippen LogP contribution is -2.47. The minimum Gasteiger partial charge on any atom is -0.480 e. The molecule has 2 rings (SSSR count).